The third-order valence-electron chi connectivity index (χ3n) is 12.0. The number of carbonyl (C=O) groups is 3. The minimum atomic E-state index is -0.444. The van der Waals surface area contributed by atoms with Gasteiger partial charge in [0.15, 0.2) is 0 Å². The molecule has 5 aliphatic rings. The third kappa shape index (κ3) is 5.15. The molecule has 5 rings (SSSR count). The van der Waals surface area contributed by atoms with Gasteiger partial charge in [-0.2, -0.15) is 0 Å². The van der Waals surface area contributed by atoms with Crippen molar-refractivity contribution in [3.63, 3.8) is 0 Å². The van der Waals surface area contributed by atoms with Crippen molar-refractivity contribution in [3.05, 3.63) is 0 Å². The van der Waals surface area contributed by atoms with E-state index in [1.165, 1.54) is 32.1 Å². The molecule has 0 bridgehead atoms. The monoisotopic (exact) mass is 542 g/mol. The van der Waals surface area contributed by atoms with Crippen LogP contribution in [0.3, 0.4) is 0 Å². The number of oxime groups is 1. The third-order valence-corrected chi connectivity index (χ3v) is 12.0. The number of likely N-dealkylation sites (N-methyl/N-ethyl adjacent to an activating group) is 2. The molecule has 4 aliphatic carbocycles. The Labute approximate surface area is 234 Å². The van der Waals surface area contributed by atoms with Crippen molar-refractivity contribution in [2.24, 2.45) is 45.6 Å². The van der Waals surface area contributed by atoms with Gasteiger partial charge in [0.2, 0.25) is 5.91 Å². The van der Waals surface area contributed by atoms with Crippen LogP contribution in [0, 0.1) is 40.4 Å². The highest BCUT2D eigenvalue weighted by Gasteiger charge is 2.60. The van der Waals surface area contributed by atoms with Gasteiger partial charge < -0.3 is 15.1 Å². The summed E-state index contributed by atoms with van der Waals surface area (Å²) in [5.74, 6) is 3.65. The van der Waals surface area contributed by atoms with Crippen LogP contribution in [0.5, 0.6) is 0 Å². The second-order valence-corrected chi connectivity index (χ2v) is 14.3. The molecule has 2 unspecified atom stereocenters. The fourth-order valence-electron chi connectivity index (χ4n) is 9.85. The zero-order chi connectivity index (χ0) is 28.1. The minimum absolute atomic E-state index is 0.0745. The molecule has 39 heavy (non-hydrogen) atoms. The van der Waals surface area contributed by atoms with Gasteiger partial charge in [-0.1, -0.05) is 19.0 Å². The van der Waals surface area contributed by atoms with E-state index in [1.807, 2.05) is 6.92 Å². The summed E-state index contributed by atoms with van der Waals surface area (Å²) in [6.07, 6.45) is 11.1. The molecule has 9 atom stereocenters. The van der Waals surface area contributed by atoms with Gasteiger partial charge in [-0.25, -0.2) is 4.79 Å². The Morgan fingerprint density at radius 2 is 1.72 bits per heavy atom. The molecule has 1 heterocycles. The molecule has 5 fully saturated rings. The van der Waals surface area contributed by atoms with Crippen LogP contribution >= 0.6 is 0 Å². The van der Waals surface area contributed by atoms with Crippen LogP contribution in [0.1, 0.15) is 91.4 Å². The van der Waals surface area contributed by atoms with Gasteiger partial charge in [0.1, 0.15) is 5.78 Å². The number of hydrogen-bond donors (Lipinski definition) is 1. The van der Waals surface area contributed by atoms with Crippen molar-refractivity contribution in [1.82, 2.24) is 15.1 Å². The molecule has 0 aromatic rings. The first-order valence-corrected chi connectivity index (χ1v) is 15.4. The van der Waals surface area contributed by atoms with Crippen molar-refractivity contribution in [1.29, 1.82) is 0 Å². The topological polar surface area (TPSA) is 91.3 Å². The first-order chi connectivity index (χ1) is 18.4. The highest BCUT2D eigenvalue weighted by molar-refractivity contribution is 5.86. The van der Waals surface area contributed by atoms with Gasteiger partial charge in [-0.3, -0.25) is 14.4 Å². The number of nitrogens with zero attached hydrogens (tertiary/aromatic N) is 3. The van der Waals surface area contributed by atoms with E-state index in [0.29, 0.717) is 35.5 Å². The van der Waals surface area contributed by atoms with Crippen LogP contribution in [0.4, 0.5) is 4.79 Å². The van der Waals surface area contributed by atoms with Gasteiger partial charge >= 0.3 is 6.09 Å². The van der Waals surface area contributed by atoms with E-state index >= 15 is 0 Å². The molecule has 0 aromatic heterocycles. The number of nitrogens with one attached hydrogen (secondary N) is 1. The molecule has 1 N–H and O–H groups in total. The number of ketones is 1. The van der Waals surface area contributed by atoms with Crippen LogP contribution < -0.4 is 5.32 Å². The first-order valence-electron chi connectivity index (χ1n) is 15.4. The summed E-state index contributed by atoms with van der Waals surface area (Å²) < 4.78 is 0. The molecule has 4 saturated carbocycles. The number of Topliss-reactive ketones (excluding diaryl/α,β-unsaturated/α-hetero) is 1. The van der Waals surface area contributed by atoms with Gasteiger partial charge in [-0.15, -0.1) is 0 Å². The number of hydrogen-bond acceptors (Lipinski definition) is 6. The largest absolute Gasteiger partial charge is 0.435 e. The van der Waals surface area contributed by atoms with Gasteiger partial charge in [-0.05, 0) is 99.2 Å². The molecule has 0 aromatic carbocycles. The lowest BCUT2D eigenvalue weighted by atomic mass is 9.44. The van der Waals surface area contributed by atoms with Crippen LogP contribution in [0.25, 0.3) is 0 Å². The van der Waals surface area contributed by atoms with Crippen LogP contribution in [-0.2, 0) is 14.4 Å². The summed E-state index contributed by atoms with van der Waals surface area (Å²) in [4.78, 5) is 45.9. The average molecular weight is 543 g/mol. The van der Waals surface area contributed by atoms with E-state index in [0.717, 1.165) is 56.1 Å². The molecule has 2 amide bonds. The van der Waals surface area contributed by atoms with E-state index < -0.39 is 6.09 Å². The first kappa shape index (κ1) is 28.6. The van der Waals surface area contributed by atoms with E-state index in [-0.39, 0.29) is 23.4 Å². The second-order valence-electron chi connectivity index (χ2n) is 14.3. The van der Waals surface area contributed by atoms with Crippen molar-refractivity contribution in [2.45, 2.75) is 103 Å². The van der Waals surface area contributed by atoms with Crippen molar-refractivity contribution in [3.8, 4) is 0 Å². The number of fused-ring (bicyclic) bond motifs is 5. The quantitative estimate of drug-likeness (QED) is 0.304. The fourth-order valence-corrected chi connectivity index (χ4v) is 9.85. The summed E-state index contributed by atoms with van der Waals surface area (Å²) >= 11 is 0. The predicted octanol–water partition coefficient (Wildman–Crippen LogP) is 4.87. The Hall–Kier alpha value is -1.96. The van der Waals surface area contributed by atoms with E-state index in [9.17, 15) is 14.4 Å². The lowest BCUT2D eigenvalue weighted by molar-refractivity contribution is -0.138. The molecule has 0 spiro atoms. The summed E-state index contributed by atoms with van der Waals surface area (Å²) in [7, 11) is 5.27. The zero-order valence-electron chi connectivity index (χ0n) is 25.0. The Kier molecular flexibility index (Phi) is 7.90. The van der Waals surface area contributed by atoms with Gasteiger partial charge in [0.25, 0.3) is 0 Å². The average Bonchev–Trinajstić information content (AvgIpc) is 3.50. The lowest BCUT2D eigenvalue weighted by Crippen LogP contribution is -2.53. The summed E-state index contributed by atoms with van der Waals surface area (Å²) in [6.45, 7) is 7.50. The SMILES string of the molecule is C/C(=N\OC(=O)N(C)CC1CCC(C(=O)N(C)C)N1)[C@H]1CC[C@H]2[C@@H]3CC[C@@H]4CC(=O)CC[C@]4(C)[C@H]3CC[C@]12C. The highest BCUT2D eigenvalue weighted by atomic mass is 16.7. The normalized spacial score (nSPS) is 41.8. The fraction of sp³-hybridized carbons (Fsp3) is 0.871. The molecule has 1 aliphatic heterocycles. The van der Waals surface area contributed by atoms with E-state index in [4.69, 9.17) is 4.84 Å². The minimum Gasteiger partial charge on any atom is -0.347 e. The molecular formula is C31H50N4O4. The Morgan fingerprint density at radius 1 is 0.974 bits per heavy atom. The molecule has 1 saturated heterocycles. The maximum absolute atomic E-state index is 12.8. The van der Waals surface area contributed by atoms with Crippen LogP contribution in [0.15, 0.2) is 5.16 Å². The Balaban J connectivity index is 1.17. The van der Waals surface area contributed by atoms with Crippen molar-refractivity contribution in [2.75, 3.05) is 27.7 Å². The molecule has 0 radical (unpaired) electrons. The summed E-state index contributed by atoms with van der Waals surface area (Å²) in [5, 5.41) is 7.76. The van der Waals surface area contributed by atoms with Gasteiger partial charge in [0, 0.05) is 52.5 Å². The number of rotatable bonds is 5. The van der Waals surface area contributed by atoms with E-state index in [2.05, 4.69) is 24.3 Å². The number of amides is 2. The van der Waals surface area contributed by atoms with E-state index in [1.54, 1.807) is 30.9 Å². The second kappa shape index (κ2) is 10.8. The maximum Gasteiger partial charge on any atom is 0.435 e. The van der Waals surface area contributed by atoms with Crippen LogP contribution in [-0.4, -0.2) is 73.1 Å². The molecular weight excluding hydrogens is 492 g/mol. The van der Waals surface area contributed by atoms with Crippen molar-refractivity contribution < 1.29 is 19.2 Å². The van der Waals surface area contributed by atoms with Crippen LogP contribution in [0.2, 0.25) is 0 Å². The summed E-state index contributed by atoms with van der Waals surface area (Å²) in [5.41, 5.74) is 1.47. The smallest absolute Gasteiger partial charge is 0.347 e. The Morgan fingerprint density at radius 3 is 2.46 bits per heavy atom. The summed E-state index contributed by atoms with van der Waals surface area (Å²) in [6, 6.07) is -0.107. The van der Waals surface area contributed by atoms with Gasteiger partial charge in [0.05, 0.1) is 11.8 Å². The molecule has 8 heteroatoms. The van der Waals surface area contributed by atoms with Crippen molar-refractivity contribution >= 4 is 23.5 Å². The number of carbonyl (C=O) groups excluding carboxylic acids is 3. The predicted molar refractivity (Wildman–Crippen MR) is 151 cm³/mol. The Bertz CT molecular complexity index is 1010. The highest BCUT2D eigenvalue weighted by Crippen LogP contribution is 2.67. The molecule has 8 nitrogen and oxygen atoms in total. The zero-order valence-corrected chi connectivity index (χ0v) is 25.0. The standard InChI is InChI=1S/C31H50N4O4/c1-19(33-39-29(38)35(6)18-21-8-12-27(32-21)28(37)34(4)5)24-10-11-25-23-9-7-20-17-22(36)13-15-30(20,2)26(23)14-16-31(24,25)3/h20-21,23-27,32H,7-18H2,1-6H3/b33-19+/t20-,21?,23+,24-,25+,26+,27?,30+,31-/m1/s1. The molecule has 218 valence electrons. The lowest BCUT2D eigenvalue weighted by Gasteiger charge is -2.60. The maximum atomic E-state index is 12.8.